The van der Waals surface area contributed by atoms with E-state index < -0.39 is 0 Å². The van der Waals surface area contributed by atoms with Crippen LogP contribution in [0, 0.1) is 11.8 Å². The van der Waals surface area contributed by atoms with Crippen LogP contribution >= 0.6 is 0 Å². The average Bonchev–Trinajstić information content (AvgIpc) is 2.61. The molecule has 1 heterocycles. The van der Waals surface area contributed by atoms with Crippen molar-refractivity contribution in [3.05, 3.63) is 0 Å². The van der Waals surface area contributed by atoms with E-state index in [1.807, 2.05) is 0 Å². The Morgan fingerprint density at radius 1 is 1.35 bits per heavy atom. The van der Waals surface area contributed by atoms with Gasteiger partial charge in [-0.25, -0.2) is 0 Å². The zero-order valence-electron chi connectivity index (χ0n) is 11.9. The first kappa shape index (κ1) is 14.9. The molecule has 4 atom stereocenters. The van der Waals surface area contributed by atoms with Crippen LogP contribution in [-0.4, -0.2) is 66.8 Å². The first-order valence-corrected chi connectivity index (χ1v) is 6.65. The van der Waals surface area contributed by atoms with Crippen molar-refractivity contribution in [3.63, 3.8) is 0 Å². The number of likely N-dealkylation sites (tertiary alicyclic amines) is 1. The van der Waals surface area contributed by atoms with Crippen LogP contribution in [0.1, 0.15) is 20.8 Å². The molecule has 0 radical (unpaired) electrons. The van der Waals surface area contributed by atoms with Crippen LogP contribution < -0.4 is 5.73 Å². The highest BCUT2D eigenvalue weighted by Crippen LogP contribution is 2.24. The number of aliphatic hydroxyl groups is 1. The van der Waals surface area contributed by atoms with E-state index in [4.69, 9.17) is 5.73 Å². The molecule has 1 rings (SSSR count). The van der Waals surface area contributed by atoms with Crippen molar-refractivity contribution in [2.24, 2.45) is 17.6 Å². The Labute approximate surface area is 106 Å². The Kier molecular flexibility index (Phi) is 5.38. The molecule has 4 unspecified atom stereocenters. The minimum Gasteiger partial charge on any atom is -0.395 e. The summed E-state index contributed by atoms with van der Waals surface area (Å²) in [6.45, 7) is 8.73. The Morgan fingerprint density at radius 3 is 2.29 bits per heavy atom. The molecule has 0 aliphatic carbocycles. The normalized spacial score (nSPS) is 30.2. The summed E-state index contributed by atoms with van der Waals surface area (Å²) in [5.74, 6) is 1.04. The number of likely N-dealkylation sites (N-methyl/N-ethyl adjacent to an activating group) is 1. The molecule has 1 fully saturated rings. The zero-order valence-corrected chi connectivity index (χ0v) is 11.9. The van der Waals surface area contributed by atoms with Crippen molar-refractivity contribution in [1.29, 1.82) is 0 Å². The predicted molar refractivity (Wildman–Crippen MR) is 71.9 cm³/mol. The summed E-state index contributed by atoms with van der Waals surface area (Å²) < 4.78 is 0. The largest absolute Gasteiger partial charge is 0.395 e. The number of aliphatic hydroxyl groups excluding tert-OH is 1. The van der Waals surface area contributed by atoms with Crippen LogP contribution in [0.15, 0.2) is 0 Å². The molecule has 0 bridgehead atoms. The first-order valence-electron chi connectivity index (χ1n) is 6.65. The second-order valence-electron chi connectivity index (χ2n) is 6.03. The van der Waals surface area contributed by atoms with Crippen LogP contribution in [0.4, 0.5) is 0 Å². The van der Waals surface area contributed by atoms with Crippen LogP contribution in [0.25, 0.3) is 0 Å². The van der Waals surface area contributed by atoms with Crippen LogP contribution in [0.2, 0.25) is 0 Å². The molecule has 1 aliphatic heterocycles. The monoisotopic (exact) mass is 243 g/mol. The van der Waals surface area contributed by atoms with Gasteiger partial charge in [-0.05, 0) is 25.9 Å². The molecule has 17 heavy (non-hydrogen) atoms. The third kappa shape index (κ3) is 3.41. The number of hydrogen-bond donors (Lipinski definition) is 2. The summed E-state index contributed by atoms with van der Waals surface area (Å²) in [5.41, 5.74) is 6.20. The number of hydrogen-bond acceptors (Lipinski definition) is 4. The van der Waals surface area contributed by atoms with Crippen molar-refractivity contribution in [1.82, 2.24) is 9.80 Å². The van der Waals surface area contributed by atoms with Gasteiger partial charge in [0.15, 0.2) is 0 Å². The van der Waals surface area contributed by atoms with E-state index in [0.717, 1.165) is 13.1 Å². The molecule has 0 aromatic heterocycles. The summed E-state index contributed by atoms with van der Waals surface area (Å²) in [4.78, 5) is 4.64. The van der Waals surface area contributed by atoms with Gasteiger partial charge in [-0.2, -0.15) is 0 Å². The number of rotatable bonds is 5. The van der Waals surface area contributed by atoms with E-state index >= 15 is 0 Å². The van der Waals surface area contributed by atoms with Gasteiger partial charge in [0.25, 0.3) is 0 Å². The SMILES string of the molecule is CC(C)C(N)C(CO)N1CC(C)C(N(C)C)C1. The van der Waals surface area contributed by atoms with Crippen molar-refractivity contribution < 1.29 is 5.11 Å². The van der Waals surface area contributed by atoms with Gasteiger partial charge in [0, 0.05) is 31.2 Å². The van der Waals surface area contributed by atoms with E-state index in [0.29, 0.717) is 17.9 Å². The molecule has 0 saturated carbocycles. The van der Waals surface area contributed by atoms with Gasteiger partial charge >= 0.3 is 0 Å². The minimum absolute atomic E-state index is 0.0492. The van der Waals surface area contributed by atoms with E-state index in [-0.39, 0.29) is 18.7 Å². The highest BCUT2D eigenvalue weighted by Gasteiger charge is 2.37. The topological polar surface area (TPSA) is 52.7 Å². The van der Waals surface area contributed by atoms with E-state index in [1.54, 1.807) is 0 Å². The Hall–Kier alpha value is -0.160. The van der Waals surface area contributed by atoms with Gasteiger partial charge < -0.3 is 15.7 Å². The Morgan fingerprint density at radius 2 is 1.94 bits per heavy atom. The highest BCUT2D eigenvalue weighted by atomic mass is 16.3. The standard InChI is InChI=1S/C13H29N3O/c1-9(2)13(14)12(8-17)16-6-10(3)11(7-16)15(4)5/h9-13,17H,6-8,14H2,1-5H3. The first-order chi connectivity index (χ1) is 7.88. The maximum absolute atomic E-state index is 9.58. The summed E-state index contributed by atoms with van der Waals surface area (Å²) in [5, 5.41) is 9.58. The molecule has 4 heteroatoms. The minimum atomic E-state index is 0.0492. The maximum Gasteiger partial charge on any atom is 0.0602 e. The van der Waals surface area contributed by atoms with Gasteiger partial charge in [0.1, 0.15) is 0 Å². The molecule has 1 saturated heterocycles. The third-order valence-electron chi connectivity index (χ3n) is 4.13. The molecule has 1 aliphatic rings. The van der Waals surface area contributed by atoms with E-state index in [1.165, 1.54) is 0 Å². The molecule has 102 valence electrons. The molecule has 0 spiro atoms. The Balaban J connectivity index is 2.67. The number of nitrogens with zero attached hydrogens (tertiary/aromatic N) is 2. The van der Waals surface area contributed by atoms with Crippen molar-refractivity contribution in [2.75, 3.05) is 33.8 Å². The molecule has 0 aromatic rings. The fourth-order valence-corrected chi connectivity index (χ4v) is 2.85. The summed E-state index contributed by atoms with van der Waals surface area (Å²) in [7, 11) is 4.25. The van der Waals surface area contributed by atoms with Gasteiger partial charge in [0.05, 0.1) is 6.61 Å². The van der Waals surface area contributed by atoms with Crippen LogP contribution in [0.3, 0.4) is 0 Å². The van der Waals surface area contributed by atoms with E-state index in [2.05, 4.69) is 44.7 Å². The Bertz CT molecular complexity index is 233. The van der Waals surface area contributed by atoms with Crippen LogP contribution in [0.5, 0.6) is 0 Å². The lowest BCUT2D eigenvalue weighted by molar-refractivity contribution is 0.105. The molecule has 3 N–H and O–H groups in total. The summed E-state index contributed by atoms with van der Waals surface area (Å²) in [6.07, 6.45) is 0. The smallest absolute Gasteiger partial charge is 0.0602 e. The molecule has 0 amide bonds. The summed E-state index contributed by atoms with van der Waals surface area (Å²) >= 11 is 0. The van der Waals surface area contributed by atoms with Crippen LogP contribution in [-0.2, 0) is 0 Å². The lowest BCUT2D eigenvalue weighted by atomic mass is 9.97. The zero-order chi connectivity index (χ0) is 13.2. The third-order valence-corrected chi connectivity index (χ3v) is 4.13. The second-order valence-corrected chi connectivity index (χ2v) is 6.03. The lowest BCUT2D eigenvalue weighted by Crippen LogP contribution is -2.52. The fraction of sp³-hybridized carbons (Fsp3) is 1.00. The maximum atomic E-state index is 9.58. The molecule has 4 nitrogen and oxygen atoms in total. The molecule has 0 aromatic carbocycles. The fourth-order valence-electron chi connectivity index (χ4n) is 2.85. The number of nitrogens with two attached hydrogens (primary N) is 1. The van der Waals surface area contributed by atoms with E-state index in [9.17, 15) is 5.11 Å². The van der Waals surface area contributed by atoms with Crippen molar-refractivity contribution in [2.45, 2.75) is 38.9 Å². The van der Waals surface area contributed by atoms with Gasteiger partial charge in [-0.1, -0.05) is 20.8 Å². The lowest BCUT2D eigenvalue weighted by Gasteiger charge is -2.33. The highest BCUT2D eigenvalue weighted by molar-refractivity contribution is 4.93. The van der Waals surface area contributed by atoms with Gasteiger partial charge in [0.2, 0.25) is 0 Å². The molecular weight excluding hydrogens is 214 g/mol. The predicted octanol–water partition coefficient (Wildman–Crippen LogP) is 0.213. The average molecular weight is 243 g/mol. The van der Waals surface area contributed by atoms with Crippen molar-refractivity contribution >= 4 is 0 Å². The summed E-state index contributed by atoms with van der Waals surface area (Å²) in [6, 6.07) is 0.721. The second kappa shape index (κ2) is 6.14. The van der Waals surface area contributed by atoms with Crippen molar-refractivity contribution in [3.8, 4) is 0 Å². The quantitative estimate of drug-likeness (QED) is 0.725. The molecular formula is C13H29N3O. The van der Waals surface area contributed by atoms with Gasteiger partial charge in [-0.3, -0.25) is 4.90 Å². The van der Waals surface area contributed by atoms with Gasteiger partial charge in [-0.15, -0.1) is 0 Å².